The zero-order valence-electron chi connectivity index (χ0n) is 8.87. The second-order valence-electron chi connectivity index (χ2n) is 3.57. The fourth-order valence-electron chi connectivity index (χ4n) is 1.59. The van der Waals surface area contributed by atoms with Gasteiger partial charge in [-0.05, 0) is 24.6 Å². The van der Waals surface area contributed by atoms with Crippen molar-refractivity contribution >= 4 is 21.7 Å². The van der Waals surface area contributed by atoms with Crippen molar-refractivity contribution in [3.63, 3.8) is 0 Å². The first-order chi connectivity index (χ1) is 7.81. The minimum Gasteiger partial charge on any atom is -0.486 e. The summed E-state index contributed by atoms with van der Waals surface area (Å²) in [5, 5.41) is 0.850. The smallest absolute Gasteiger partial charge is 0.163 e. The summed E-state index contributed by atoms with van der Waals surface area (Å²) in [7, 11) is 0. The maximum absolute atomic E-state index is 11.8. The molecule has 0 spiro atoms. The number of benzene rings is 1. The topological polar surface area (TPSA) is 35.5 Å². The summed E-state index contributed by atoms with van der Waals surface area (Å²) in [6.07, 6.45) is 1.41. The van der Waals surface area contributed by atoms with E-state index in [2.05, 4.69) is 15.9 Å². The zero-order valence-corrected chi connectivity index (χ0v) is 10.5. The summed E-state index contributed by atoms with van der Waals surface area (Å²) in [6.45, 7) is 1.12. The van der Waals surface area contributed by atoms with Crippen molar-refractivity contribution in [2.75, 3.05) is 18.5 Å². The molecule has 0 saturated carbocycles. The van der Waals surface area contributed by atoms with Crippen LogP contribution < -0.4 is 9.47 Å². The Labute approximate surface area is 103 Å². The Bertz CT molecular complexity index is 390. The molecule has 0 saturated heterocycles. The molecule has 0 aliphatic carbocycles. The van der Waals surface area contributed by atoms with Gasteiger partial charge in [-0.1, -0.05) is 15.9 Å². The predicted molar refractivity (Wildman–Crippen MR) is 64.8 cm³/mol. The van der Waals surface area contributed by atoms with E-state index in [1.165, 1.54) is 0 Å². The molecule has 16 heavy (non-hydrogen) atoms. The number of halogens is 1. The number of ether oxygens (including phenoxy) is 2. The van der Waals surface area contributed by atoms with E-state index in [0.29, 0.717) is 30.9 Å². The van der Waals surface area contributed by atoms with Gasteiger partial charge in [-0.2, -0.15) is 0 Å². The molecule has 0 radical (unpaired) electrons. The molecule has 0 N–H and O–H groups in total. The third kappa shape index (κ3) is 2.55. The Morgan fingerprint density at radius 2 is 2.00 bits per heavy atom. The average molecular weight is 285 g/mol. The highest BCUT2D eigenvalue weighted by Crippen LogP contribution is 2.31. The first-order valence-electron chi connectivity index (χ1n) is 5.30. The Morgan fingerprint density at radius 3 is 2.75 bits per heavy atom. The molecule has 0 aromatic heterocycles. The lowest BCUT2D eigenvalue weighted by Gasteiger charge is -2.18. The van der Waals surface area contributed by atoms with Crippen molar-refractivity contribution in [2.45, 2.75) is 12.8 Å². The summed E-state index contributed by atoms with van der Waals surface area (Å²) in [4.78, 5) is 11.8. The van der Waals surface area contributed by atoms with Gasteiger partial charge in [-0.25, -0.2) is 0 Å². The molecule has 86 valence electrons. The molecule has 1 heterocycles. The third-order valence-corrected chi connectivity index (χ3v) is 2.96. The molecule has 1 aliphatic rings. The summed E-state index contributed by atoms with van der Waals surface area (Å²) in [5.74, 6) is 1.55. The van der Waals surface area contributed by atoms with E-state index in [1.807, 2.05) is 0 Å². The maximum atomic E-state index is 11.8. The lowest BCUT2D eigenvalue weighted by molar-refractivity contribution is 0.0981. The summed E-state index contributed by atoms with van der Waals surface area (Å²) in [6, 6.07) is 5.37. The number of carbonyl (C=O) groups is 1. The van der Waals surface area contributed by atoms with Crippen LogP contribution in [0.3, 0.4) is 0 Å². The molecule has 3 nitrogen and oxygen atoms in total. The molecule has 1 aliphatic heterocycles. The lowest BCUT2D eigenvalue weighted by atomic mass is 10.1. The molecule has 0 atom stereocenters. The van der Waals surface area contributed by atoms with Gasteiger partial charge in [0.25, 0.3) is 0 Å². The van der Waals surface area contributed by atoms with Crippen molar-refractivity contribution < 1.29 is 14.3 Å². The number of ketones is 1. The van der Waals surface area contributed by atoms with Gasteiger partial charge in [-0.15, -0.1) is 0 Å². The number of fused-ring (bicyclic) bond motifs is 1. The van der Waals surface area contributed by atoms with Crippen LogP contribution in [0.15, 0.2) is 18.2 Å². The lowest BCUT2D eigenvalue weighted by Crippen LogP contribution is -2.15. The highest BCUT2D eigenvalue weighted by Gasteiger charge is 2.14. The van der Waals surface area contributed by atoms with Crippen LogP contribution in [0.5, 0.6) is 11.5 Å². The van der Waals surface area contributed by atoms with Crippen LogP contribution in [0.1, 0.15) is 23.2 Å². The van der Waals surface area contributed by atoms with E-state index in [-0.39, 0.29) is 5.78 Å². The summed E-state index contributed by atoms with van der Waals surface area (Å²) >= 11 is 3.31. The highest BCUT2D eigenvalue weighted by atomic mass is 79.9. The number of carbonyl (C=O) groups excluding carboxylic acids is 1. The van der Waals surface area contributed by atoms with Crippen molar-refractivity contribution in [2.24, 2.45) is 0 Å². The van der Waals surface area contributed by atoms with Crippen LogP contribution in [0, 0.1) is 0 Å². The average Bonchev–Trinajstić information content (AvgIpc) is 2.35. The molecule has 4 heteroatoms. The number of alkyl halides is 1. The fraction of sp³-hybridized carbons (Fsp3) is 0.417. The van der Waals surface area contributed by atoms with Gasteiger partial charge >= 0.3 is 0 Å². The molecular weight excluding hydrogens is 272 g/mol. The molecule has 0 amide bonds. The Kier molecular flexibility index (Phi) is 3.83. The maximum Gasteiger partial charge on any atom is 0.163 e. The van der Waals surface area contributed by atoms with Gasteiger partial charge in [0.2, 0.25) is 0 Å². The largest absolute Gasteiger partial charge is 0.486 e. The number of rotatable bonds is 4. The van der Waals surface area contributed by atoms with Crippen molar-refractivity contribution in [1.29, 1.82) is 0 Å². The zero-order chi connectivity index (χ0) is 11.4. The molecule has 1 aromatic carbocycles. The van der Waals surface area contributed by atoms with Gasteiger partial charge in [0.1, 0.15) is 13.2 Å². The van der Waals surface area contributed by atoms with E-state index >= 15 is 0 Å². The van der Waals surface area contributed by atoms with E-state index in [1.54, 1.807) is 18.2 Å². The minimum absolute atomic E-state index is 0.149. The van der Waals surface area contributed by atoms with Crippen molar-refractivity contribution in [3.8, 4) is 11.5 Å². The number of hydrogen-bond acceptors (Lipinski definition) is 3. The van der Waals surface area contributed by atoms with E-state index in [4.69, 9.17) is 9.47 Å². The first kappa shape index (κ1) is 11.5. The van der Waals surface area contributed by atoms with Crippen LogP contribution in [0.4, 0.5) is 0 Å². The number of hydrogen-bond donors (Lipinski definition) is 0. The normalized spacial score (nSPS) is 13.6. The van der Waals surface area contributed by atoms with Gasteiger partial charge in [-0.3, -0.25) is 4.79 Å². The predicted octanol–water partition coefficient (Wildman–Crippen LogP) is 2.82. The summed E-state index contributed by atoms with van der Waals surface area (Å²) < 4.78 is 10.8. The molecule has 2 rings (SSSR count). The van der Waals surface area contributed by atoms with Crippen LogP contribution in [0.25, 0.3) is 0 Å². The van der Waals surface area contributed by atoms with Gasteiger partial charge in [0.05, 0.1) is 0 Å². The second kappa shape index (κ2) is 5.34. The third-order valence-electron chi connectivity index (χ3n) is 2.40. The van der Waals surface area contributed by atoms with E-state index < -0.39 is 0 Å². The van der Waals surface area contributed by atoms with Crippen LogP contribution in [-0.2, 0) is 0 Å². The molecular formula is C12H13BrO3. The van der Waals surface area contributed by atoms with Crippen molar-refractivity contribution in [3.05, 3.63) is 23.8 Å². The highest BCUT2D eigenvalue weighted by molar-refractivity contribution is 9.09. The Morgan fingerprint density at radius 1 is 1.25 bits per heavy atom. The second-order valence-corrected chi connectivity index (χ2v) is 4.37. The summed E-state index contributed by atoms with van der Waals surface area (Å²) in [5.41, 5.74) is 0.699. The van der Waals surface area contributed by atoms with Gasteiger partial charge in [0, 0.05) is 17.3 Å². The van der Waals surface area contributed by atoms with Crippen molar-refractivity contribution in [1.82, 2.24) is 0 Å². The monoisotopic (exact) mass is 284 g/mol. The van der Waals surface area contributed by atoms with E-state index in [0.717, 1.165) is 17.5 Å². The van der Waals surface area contributed by atoms with Gasteiger partial charge in [0.15, 0.2) is 17.3 Å². The van der Waals surface area contributed by atoms with Crippen LogP contribution >= 0.6 is 15.9 Å². The fourth-order valence-corrected chi connectivity index (χ4v) is 1.87. The van der Waals surface area contributed by atoms with Crippen LogP contribution in [-0.4, -0.2) is 24.3 Å². The Balaban J connectivity index is 2.13. The quantitative estimate of drug-likeness (QED) is 0.630. The SMILES string of the molecule is O=C(CCCBr)c1ccc2c(c1)OCCO2. The minimum atomic E-state index is 0.149. The van der Waals surface area contributed by atoms with E-state index in [9.17, 15) is 4.79 Å². The number of Topliss-reactive ketones (excluding diaryl/α,β-unsaturated/α-hetero) is 1. The van der Waals surface area contributed by atoms with Gasteiger partial charge < -0.3 is 9.47 Å². The standard InChI is InChI=1S/C12H13BrO3/c13-5-1-2-10(14)9-3-4-11-12(8-9)16-7-6-15-11/h3-4,8H,1-2,5-7H2. The molecule has 0 unspecified atom stereocenters. The Hall–Kier alpha value is -1.03. The molecule has 0 bridgehead atoms. The molecule has 0 fully saturated rings. The first-order valence-corrected chi connectivity index (χ1v) is 6.42. The van der Waals surface area contributed by atoms with Crippen LogP contribution in [0.2, 0.25) is 0 Å². The molecule has 1 aromatic rings.